The number of nitrogens with two attached hydrogens (primary N) is 1. The molecule has 8 nitrogen and oxygen atoms in total. The van der Waals surface area contributed by atoms with Crippen molar-refractivity contribution in [2.75, 3.05) is 31.5 Å². The lowest BCUT2D eigenvalue weighted by Gasteiger charge is -2.25. The van der Waals surface area contributed by atoms with Crippen LogP contribution < -0.4 is 11.1 Å². The molecule has 0 bridgehead atoms. The fourth-order valence-corrected chi connectivity index (χ4v) is 6.74. The molecule has 0 saturated heterocycles. The molecule has 1 aromatic heterocycles. The number of hydrogen-bond acceptors (Lipinski definition) is 6. The second-order valence-electron chi connectivity index (χ2n) is 8.02. The zero-order valence-electron chi connectivity index (χ0n) is 19.4. The molecule has 0 aliphatic carbocycles. The summed E-state index contributed by atoms with van der Waals surface area (Å²) < 4.78 is 27.2. The number of rotatable bonds is 10. The van der Waals surface area contributed by atoms with Gasteiger partial charge in [0.15, 0.2) is 0 Å². The van der Waals surface area contributed by atoms with Crippen LogP contribution in [0, 0.1) is 0 Å². The van der Waals surface area contributed by atoms with Crippen LogP contribution in [0.3, 0.4) is 0 Å². The maximum Gasteiger partial charge on any atom is 0.256 e. The van der Waals surface area contributed by atoms with E-state index < -0.39 is 21.8 Å². The molecule has 0 fully saturated rings. The molecule has 1 aliphatic heterocycles. The number of benzene rings is 1. The van der Waals surface area contributed by atoms with E-state index in [4.69, 9.17) is 5.73 Å². The molecule has 0 spiro atoms. The van der Waals surface area contributed by atoms with E-state index in [1.807, 2.05) is 13.8 Å². The van der Waals surface area contributed by atoms with E-state index in [-0.39, 0.29) is 4.90 Å². The van der Waals surface area contributed by atoms with Gasteiger partial charge in [-0.05, 0) is 49.2 Å². The quantitative estimate of drug-likeness (QED) is 0.528. The molecular weight excluding hydrogens is 460 g/mol. The van der Waals surface area contributed by atoms with Crippen LogP contribution in [0.4, 0.5) is 5.00 Å². The number of nitrogens with zero attached hydrogens (tertiary/aromatic N) is 2. The molecule has 0 unspecified atom stereocenters. The van der Waals surface area contributed by atoms with Crippen molar-refractivity contribution in [2.45, 2.75) is 51.5 Å². The number of unbranched alkanes of at least 4 members (excludes halogenated alkanes) is 1. The molecule has 180 valence electrons. The minimum Gasteiger partial charge on any atom is -0.365 e. The first kappa shape index (κ1) is 25.4. The third-order valence-corrected chi connectivity index (χ3v) is 9.05. The Balaban J connectivity index is 1.81. The van der Waals surface area contributed by atoms with Crippen LogP contribution in [0.5, 0.6) is 0 Å². The third kappa shape index (κ3) is 5.46. The first-order valence-electron chi connectivity index (χ1n) is 11.3. The Bertz CT molecular complexity index is 1110. The zero-order valence-corrected chi connectivity index (χ0v) is 21.0. The molecular formula is C23H32N4O4S2. The van der Waals surface area contributed by atoms with Gasteiger partial charge in [-0.3, -0.25) is 14.5 Å². The fourth-order valence-electron chi connectivity index (χ4n) is 3.96. The highest BCUT2D eigenvalue weighted by Gasteiger charge is 2.28. The number of thiophene rings is 1. The van der Waals surface area contributed by atoms with E-state index in [0.29, 0.717) is 35.6 Å². The van der Waals surface area contributed by atoms with E-state index in [1.165, 1.54) is 39.9 Å². The monoisotopic (exact) mass is 492 g/mol. The molecule has 10 heteroatoms. The van der Waals surface area contributed by atoms with E-state index in [9.17, 15) is 18.0 Å². The molecule has 1 aromatic carbocycles. The van der Waals surface area contributed by atoms with Gasteiger partial charge < -0.3 is 11.1 Å². The smallest absolute Gasteiger partial charge is 0.256 e. The van der Waals surface area contributed by atoms with E-state index in [1.54, 1.807) is 0 Å². The van der Waals surface area contributed by atoms with Gasteiger partial charge in [-0.2, -0.15) is 4.31 Å². The summed E-state index contributed by atoms with van der Waals surface area (Å²) in [4.78, 5) is 28.5. The van der Waals surface area contributed by atoms with Crippen LogP contribution in [-0.4, -0.2) is 55.6 Å². The minimum absolute atomic E-state index is 0.154. The molecule has 2 aromatic rings. The van der Waals surface area contributed by atoms with E-state index >= 15 is 0 Å². The van der Waals surface area contributed by atoms with Gasteiger partial charge in [-0.1, -0.05) is 27.2 Å². The maximum absolute atomic E-state index is 12.9. The summed E-state index contributed by atoms with van der Waals surface area (Å²) in [7, 11) is -3.61. The lowest BCUT2D eigenvalue weighted by Crippen LogP contribution is -2.31. The maximum atomic E-state index is 12.9. The van der Waals surface area contributed by atoms with Crippen LogP contribution in [0.1, 0.15) is 64.8 Å². The second-order valence-corrected chi connectivity index (χ2v) is 11.1. The predicted molar refractivity (Wildman–Crippen MR) is 131 cm³/mol. The first-order chi connectivity index (χ1) is 15.7. The Morgan fingerprint density at radius 1 is 1.18 bits per heavy atom. The van der Waals surface area contributed by atoms with Gasteiger partial charge in [0, 0.05) is 36.6 Å². The van der Waals surface area contributed by atoms with Crippen molar-refractivity contribution < 1.29 is 18.0 Å². The number of nitrogens with one attached hydrogen (secondary N) is 1. The van der Waals surface area contributed by atoms with Crippen molar-refractivity contribution in [1.29, 1.82) is 0 Å². The van der Waals surface area contributed by atoms with Crippen molar-refractivity contribution in [3.8, 4) is 0 Å². The van der Waals surface area contributed by atoms with Gasteiger partial charge in [0.2, 0.25) is 10.0 Å². The molecule has 1 aliphatic rings. The topological polar surface area (TPSA) is 113 Å². The minimum atomic E-state index is -3.61. The standard InChI is InChI=1S/C23H32N4O4S2/c1-4-7-13-27(6-3)33(30,31)17-10-8-16(9-11-17)22(29)25-23-20(21(24)28)18-12-14-26(5-2)15-19(18)32-23/h8-11H,4-7,12-15H2,1-3H3,(H2,24,28)(H,25,29). The van der Waals surface area contributed by atoms with Crippen molar-refractivity contribution in [2.24, 2.45) is 5.73 Å². The Hall–Kier alpha value is -2.27. The van der Waals surface area contributed by atoms with Crippen LogP contribution >= 0.6 is 11.3 Å². The Labute approximate surface area is 199 Å². The molecule has 0 atom stereocenters. The van der Waals surface area contributed by atoms with Gasteiger partial charge in [0.1, 0.15) is 5.00 Å². The summed E-state index contributed by atoms with van der Waals surface area (Å²) in [5.74, 6) is -0.966. The normalized spacial score (nSPS) is 14.3. The van der Waals surface area contributed by atoms with Crippen LogP contribution in [0.15, 0.2) is 29.2 Å². The number of carbonyl (C=O) groups excluding carboxylic acids is 2. The van der Waals surface area contributed by atoms with Gasteiger partial charge in [-0.25, -0.2) is 8.42 Å². The predicted octanol–water partition coefficient (Wildman–Crippen LogP) is 3.29. The highest BCUT2D eigenvalue weighted by molar-refractivity contribution is 7.89. The second kappa shape index (κ2) is 10.8. The number of likely N-dealkylation sites (N-methyl/N-ethyl adjacent to an activating group) is 1. The third-order valence-electron chi connectivity index (χ3n) is 5.92. The van der Waals surface area contributed by atoms with Crippen LogP contribution in [-0.2, 0) is 23.0 Å². The van der Waals surface area contributed by atoms with E-state index in [0.717, 1.165) is 42.9 Å². The number of primary amides is 1. The number of hydrogen-bond donors (Lipinski definition) is 2. The lowest BCUT2D eigenvalue weighted by atomic mass is 10.0. The van der Waals surface area contributed by atoms with Gasteiger partial charge >= 0.3 is 0 Å². The molecule has 0 radical (unpaired) electrons. The Kier molecular flexibility index (Phi) is 8.28. The van der Waals surface area contributed by atoms with Gasteiger partial charge in [0.05, 0.1) is 10.5 Å². The van der Waals surface area contributed by atoms with Gasteiger partial charge in [-0.15, -0.1) is 11.3 Å². The summed E-state index contributed by atoms with van der Waals surface area (Å²) in [5, 5.41) is 3.27. The first-order valence-corrected chi connectivity index (χ1v) is 13.6. The average molecular weight is 493 g/mol. The molecule has 0 saturated carbocycles. The number of anilines is 1. The van der Waals surface area contributed by atoms with E-state index in [2.05, 4.69) is 17.1 Å². The summed E-state index contributed by atoms with van der Waals surface area (Å²) in [6.45, 7) is 9.25. The largest absolute Gasteiger partial charge is 0.365 e. The summed E-state index contributed by atoms with van der Waals surface area (Å²) >= 11 is 1.38. The van der Waals surface area contributed by atoms with Gasteiger partial charge in [0.25, 0.3) is 11.8 Å². The summed E-state index contributed by atoms with van der Waals surface area (Å²) in [6.07, 6.45) is 2.41. The zero-order chi connectivity index (χ0) is 24.2. The average Bonchev–Trinajstić information content (AvgIpc) is 3.16. The lowest BCUT2D eigenvalue weighted by molar-refractivity contribution is 0.1000. The Morgan fingerprint density at radius 2 is 1.88 bits per heavy atom. The molecule has 3 rings (SSSR count). The summed E-state index contributed by atoms with van der Waals surface area (Å²) in [5.41, 5.74) is 7.25. The SMILES string of the molecule is CCCCN(CC)S(=O)(=O)c1ccc(C(=O)Nc2sc3c(c2C(N)=O)CCN(CC)C3)cc1. The van der Waals surface area contributed by atoms with Crippen molar-refractivity contribution in [3.05, 3.63) is 45.8 Å². The van der Waals surface area contributed by atoms with Crippen molar-refractivity contribution in [1.82, 2.24) is 9.21 Å². The number of sulfonamides is 1. The van der Waals surface area contributed by atoms with Crippen LogP contribution in [0.25, 0.3) is 0 Å². The summed E-state index contributed by atoms with van der Waals surface area (Å²) in [6, 6.07) is 5.89. The highest BCUT2D eigenvalue weighted by atomic mass is 32.2. The van der Waals surface area contributed by atoms with Crippen molar-refractivity contribution >= 4 is 38.2 Å². The van der Waals surface area contributed by atoms with Crippen molar-refractivity contribution in [3.63, 3.8) is 0 Å². The number of carbonyl (C=O) groups is 2. The molecule has 33 heavy (non-hydrogen) atoms. The molecule has 3 N–H and O–H groups in total. The number of amides is 2. The Morgan fingerprint density at radius 3 is 2.45 bits per heavy atom. The van der Waals surface area contributed by atoms with Crippen LogP contribution in [0.2, 0.25) is 0 Å². The molecule has 2 amide bonds. The number of fused-ring (bicyclic) bond motifs is 1. The highest BCUT2D eigenvalue weighted by Crippen LogP contribution is 2.37. The fraction of sp³-hybridized carbons (Fsp3) is 0.478. The molecule has 2 heterocycles.